The molecule has 1 saturated carbocycles. The Morgan fingerprint density at radius 3 is 2.90 bits per heavy atom. The lowest BCUT2D eigenvalue weighted by Gasteiger charge is -2.17. The van der Waals surface area contributed by atoms with Crippen LogP contribution in [0.15, 0.2) is 22.7 Å². The molecule has 1 N–H and O–H groups in total. The van der Waals surface area contributed by atoms with Crippen molar-refractivity contribution in [2.75, 3.05) is 13.2 Å². The van der Waals surface area contributed by atoms with Crippen LogP contribution in [0.3, 0.4) is 0 Å². The van der Waals surface area contributed by atoms with Crippen molar-refractivity contribution in [1.29, 1.82) is 0 Å². The van der Waals surface area contributed by atoms with Gasteiger partial charge in [-0.2, -0.15) is 0 Å². The summed E-state index contributed by atoms with van der Waals surface area (Å²) in [6.07, 6.45) is 5.22. The molecular formula is C17H26BrNO. The highest BCUT2D eigenvalue weighted by Gasteiger charge is 2.22. The Bertz CT molecular complexity index is 421. The van der Waals surface area contributed by atoms with Gasteiger partial charge in [-0.25, -0.2) is 0 Å². The van der Waals surface area contributed by atoms with Gasteiger partial charge in [-0.1, -0.05) is 42.6 Å². The smallest absolute Gasteiger partial charge is 0.123 e. The Morgan fingerprint density at radius 2 is 2.20 bits per heavy atom. The molecule has 1 fully saturated rings. The highest BCUT2D eigenvalue weighted by atomic mass is 79.9. The molecule has 2 unspecified atom stereocenters. The SMILES string of the molecule is CCCOc1ccc(Br)cc1CNCC1CCCC1C. The van der Waals surface area contributed by atoms with Crippen LogP contribution < -0.4 is 10.1 Å². The summed E-state index contributed by atoms with van der Waals surface area (Å²) in [6, 6.07) is 6.28. The first kappa shape index (κ1) is 15.8. The Hall–Kier alpha value is -0.540. The zero-order valence-corrected chi connectivity index (χ0v) is 14.2. The molecule has 0 aromatic heterocycles. The van der Waals surface area contributed by atoms with Crippen LogP contribution in [0.5, 0.6) is 5.75 Å². The van der Waals surface area contributed by atoms with Crippen molar-refractivity contribution in [1.82, 2.24) is 5.32 Å². The first-order valence-corrected chi connectivity index (χ1v) is 8.62. The first-order valence-electron chi connectivity index (χ1n) is 7.82. The molecule has 3 heteroatoms. The number of hydrogen-bond acceptors (Lipinski definition) is 2. The standard InChI is InChI=1S/C17H26BrNO/c1-3-9-20-17-8-7-16(18)10-15(17)12-19-11-14-6-4-5-13(14)2/h7-8,10,13-14,19H,3-6,9,11-12H2,1-2H3. The molecule has 2 rings (SSSR count). The molecule has 0 bridgehead atoms. The van der Waals surface area contributed by atoms with E-state index >= 15 is 0 Å². The summed E-state index contributed by atoms with van der Waals surface area (Å²) >= 11 is 3.55. The van der Waals surface area contributed by atoms with Crippen molar-refractivity contribution in [3.05, 3.63) is 28.2 Å². The van der Waals surface area contributed by atoms with Gasteiger partial charge in [-0.15, -0.1) is 0 Å². The maximum absolute atomic E-state index is 5.82. The van der Waals surface area contributed by atoms with Gasteiger partial charge < -0.3 is 10.1 Å². The zero-order valence-electron chi connectivity index (χ0n) is 12.6. The summed E-state index contributed by atoms with van der Waals surface area (Å²) in [6.45, 7) is 7.32. The van der Waals surface area contributed by atoms with Crippen LogP contribution in [0.4, 0.5) is 0 Å². The average Bonchev–Trinajstić information content (AvgIpc) is 2.84. The third-order valence-electron chi connectivity index (χ3n) is 4.25. The molecule has 1 aliphatic rings. The van der Waals surface area contributed by atoms with Gasteiger partial charge in [0.25, 0.3) is 0 Å². The van der Waals surface area contributed by atoms with E-state index in [2.05, 4.69) is 47.2 Å². The fourth-order valence-electron chi connectivity index (χ4n) is 2.96. The maximum atomic E-state index is 5.82. The second-order valence-electron chi connectivity index (χ2n) is 5.90. The van der Waals surface area contributed by atoms with Crippen LogP contribution in [-0.2, 0) is 6.54 Å². The van der Waals surface area contributed by atoms with E-state index in [0.29, 0.717) is 0 Å². The summed E-state index contributed by atoms with van der Waals surface area (Å²) in [5, 5.41) is 3.62. The van der Waals surface area contributed by atoms with Crippen LogP contribution in [0.2, 0.25) is 0 Å². The Morgan fingerprint density at radius 1 is 1.35 bits per heavy atom. The molecule has 0 heterocycles. The minimum Gasteiger partial charge on any atom is -0.493 e. The molecule has 0 saturated heterocycles. The lowest BCUT2D eigenvalue weighted by atomic mass is 9.98. The molecule has 0 radical (unpaired) electrons. The van der Waals surface area contributed by atoms with Gasteiger partial charge in [0.1, 0.15) is 5.75 Å². The number of nitrogens with one attached hydrogen (secondary N) is 1. The third-order valence-corrected chi connectivity index (χ3v) is 4.74. The third kappa shape index (κ3) is 4.49. The number of hydrogen-bond donors (Lipinski definition) is 1. The van der Waals surface area contributed by atoms with E-state index in [-0.39, 0.29) is 0 Å². The van der Waals surface area contributed by atoms with Crippen molar-refractivity contribution >= 4 is 15.9 Å². The summed E-state index contributed by atoms with van der Waals surface area (Å²) in [7, 11) is 0. The monoisotopic (exact) mass is 339 g/mol. The molecular weight excluding hydrogens is 314 g/mol. The summed E-state index contributed by atoms with van der Waals surface area (Å²) in [5.41, 5.74) is 1.25. The van der Waals surface area contributed by atoms with E-state index < -0.39 is 0 Å². The maximum Gasteiger partial charge on any atom is 0.123 e. The van der Waals surface area contributed by atoms with Gasteiger partial charge in [0.15, 0.2) is 0 Å². The summed E-state index contributed by atoms with van der Waals surface area (Å²) in [4.78, 5) is 0. The first-order chi connectivity index (χ1) is 9.70. The van der Waals surface area contributed by atoms with Crippen LogP contribution >= 0.6 is 15.9 Å². The van der Waals surface area contributed by atoms with Crippen LogP contribution in [-0.4, -0.2) is 13.2 Å². The fraction of sp³-hybridized carbons (Fsp3) is 0.647. The lowest BCUT2D eigenvalue weighted by molar-refractivity contribution is 0.312. The van der Waals surface area contributed by atoms with Crippen molar-refractivity contribution in [2.24, 2.45) is 11.8 Å². The summed E-state index contributed by atoms with van der Waals surface area (Å²) in [5.74, 6) is 2.74. The van der Waals surface area contributed by atoms with E-state index in [9.17, 15) is 0 Å². The quantitative estimate of drug-likeness (QED) is 0.772. The normalized spacial score (nSPS) is 22.1. The molecule has 2 atom stereocenters. The second-order valence-corrected chi connectivity index (χ2v) is 6.82. The second kappa shape index (κ2) is 8.04. The van der Waals surface area contributed by atoms with E-state index in [4.69, 9.17) is 4.74 Å². The van der Waals surface area contributed by atoms with Crippen molar-refractivity contribution in [2.45, 2.75) is 46.1 Å². The molecule has 0 aliphatic heterocycles. The van der Waals surface area contributed by atoms with Gasteiger partial charge >= 0.3 is 0 Å². The molecule has 0 amide bonds. The topological polar surface area (TPSA) is 21.3 Å². The fourth-order valence-corrected chi connectivity index (χ4v) is 3.37. The van der Waals surface area contributed by atoms with Crippen LogP contribution in [0.1, 0.15) is 45.1 Å². The predicted molar refractivity (Wildman–Crippen MR) is 88.1 cm³/mol. The van der Waals surface area contributed by atoms with Gasteiger partial charge in [0.2, 0.25) is 0 Å². The molecule has 1 aliphatic carbocycles. The van der Waals surface area contributed by atoms with Gasteiger partial charge in [0, 0.05) is 16.6 Å². The molecule has 0 spiro atoms. The highest BCUT2D eigenvalue weighted by molar-refractivity contribution is 9.10. The van der Waals surface area contributed by atoms with Gasteiger partial charge in [-0.3, -0.25) is 0 Å². The number of rotatable bonds is 7. The van der Waals surface area contributed by atoms with E-state index in [1.807, 2.05) is 6.07 Å². The van der Waals surface area contributed by atoms with Crippen LogP contribution in [0.25, 0.3) is 0 Å². The van der Waals surface area contributed by atoms with Crippen molar-refractivity contribution in [3.8, 4) is 5.75 Å². The van der Waals surface area contributed by atoms with Crippen molar-refractivity contribution in [3.63, 3.8) is 0 Å². The van der Waals surface area contributed by atoms with Crippen LogP contribution in [0, 0.1) is 11.8 Å². The van der Waals surface area contributed by atoms with E-state index in [0.717, 1.165) is 48.2 Å². The highest BCUT2D eigenvalue weighted by Crippen LogP contribution is 2.30. The predicted octanol–water partition coefficient (Wildman–Crippen LogP) is 4.76. The lowest BCUT2D eigenvalue weighted by Crippen LogP contribution is -2.24. The Labute approximate surface area is 131 Å². The van der Waals surface area contributed by atoms with Gasteiger partial charge in [0.05, 0.1) is 6.61 Å². The number of ether oxygens (including phenoxy) is 1. The number of halogens is 1. The van der Waals surface area contributed by atoms with E-state index in [1.54, 1.807) is 0 Å². The molecule has 20 heavy (non-hydrogen) atoms. The number of benzene rings is 1. The Kier molecular flexibility index (Phi) is 6.37. The minimum atomic E-state index is 0.786. The largest absolute Gasteiger partial charge is 0.493 e. The molecule has 1 aromatic rings. The van der Waals surface area contributed by atoms with Crippen molar-refractivity contribution < 1.29 is 4.74 Å². The molecule has 1 aromatic carbocycles. The Balaban J connectivity index is 1.88. The van der Waals surface area contributed by atoms with Gasteiger partial charge in [-0.05, 0) is 49.4 Å². The molecule has 2 nitrogen and oxygen atoms in total. The summed E-state index contributed by atoms with van der Waals surface area (Å²) < 4.78 is 6.94. The average molecular weight is 340 g/mol. The zero-order chi connectivity index (χ0) is 14.4. The minimum absolute atomic E-state index is 0.786. The van der Waals surface area contributed by atoms with E-state index in [1.165, 1.54) is 24.8 Å². The molecule has 112 valence electrons.